The SMILES string of the molecule is CC(C)(C)OC(=O)N1C/C=C(/c2cc(NC(c3ccccc3)(c3ccccc3)c3ccccc3)nc3c2nnn3C(c2ccccc2)(c2ccccc2)c2ccccc2)c2cnn(c2)Cc2cccc(c2)O[C@@H]2C[C@@H]1CC2Cc1ccccc1. The van der Waals surface area contributed by atoms with Gasteiger partial charge in [0.15, 0.2) is 5.65 Å². The summed E-state index contributed by atoms with van der Waals surface area (Å²) in [6, 6.07) is 84.0. The molecule has 2 aliphatic rings. The number of nitrogens with one attached hydrogen (secondary N) is 1. The van der Waals surface area contributed by atoms with E-state index < -0.39 is 22.8 Å². The number of benzene rings is 8. The van der Waals surface area contributed by atoms with E-state index in [1.165, 1.54) is 5.56 Å². The second kappa shape index (κ2) is 22.8. The van der Waals surface area contributed by atoms with Crippen molar-refractivity contribution in [1.29, 1.82) is 0 Å². The van der Waals surface area contributed by atoms with Crippen LogP contribution in [0.3, 0.4) is 0 Å². The van der Waals surface area contributed by atoms with Crippen molar-refractivity contribution >= 4 is 28.6 Å². The number of carbonyl (C=O) groups excluding carboxylic acids is 1. The number of fused-ring (bicyclic) bond motifs is 7. The molecule has 1 amide bonds. The van der Waals surface area contributed by atoms with Crippen LogP contribution in [-0.4, -0.2) is 65.0 Å². The third-order valence-corrected chi connectivity index (χ3v) is 16.5. The number of pyridine rings is 1. The van der Waals surface area contributed by atoms with Gasteiger partial charge in [-0.15, -0.1) is 5.10 Å². The van der Waals surface area contributed by atoms with Crippen molar-refractivity contribution < 1.29 is 14.3 Å². The average molecular weight is 1100 g/mol. The van der Waals surface area contributed by atoms with Crippen LogP contribution in [0.25, 0.3) is 16.7 Å². The first-order chi connectivity index (χ1) is 41.1. The highest BCUT2D eigenvalue weighted by Gasteiger charge is 2.44. The minimum absolute atomic E-state index is 0.107. The molecule has 11 aromatic rings. The Labute approximate surface area is 490 Å². The van der Waals surface area contributed by atoms with E-state index in [-0.39, 0.29) is 24.6 Å². The molecule has 1 N–H and O–H groups in total. The van der Waals surface area contributed by atoms with E-state index in [2.05, 4.69) is 236 Å². The van der Waals surface area contributed by atoms with Gasteiger partial charge in [-0.3, -0.25) is 4.68 Å². The van der Waals surface area contributed by atoms with Crippen LogP contribution in [0, 0.1) is 5.92 Å². The zero-order valence-electron chi connectivity index (χ0n) is 47.4. The van der Waals surface area contributed by atoms with Crippen LogP contribution in [0.15, 0.2) is 261 Å². The van der Waals surface area contributed by atoms with Crippen molar-refractivity contribution in [1.82, 2.24) is 34.7 Å². The van der Waals surface area contributed by atoms with Gasteiger partial charge in [0, 0.05) is 42.2 Å². The zero-order valence-corrected chi connectivity index (χ0v) is 47.4. The summed E-state index contributed by atoms with van der Waals surface area (Å²) in [6.07, 6.45) is 7.69. The summed E-state index contributed by atoms with van der Waals surface area (Å²) in [4.78, 5) is 22.8. The van der Waals surface area contributed by atoms with E-state index in [1.807, 2.05) is 65.5 Å². The standard InChI is InChI=1S/C73H66N8O3/c1-71(2,3)84-70(82)80-43-42-64(55-49-74-79(51-55)50-53-28-25-41-63(45-53)83-66-47-62(80)46-54(66)44-52-26-11-4-12-27-52)65-48-67(76-72(56-29-13-5-14-30-56,57-31-15-6-16-32-57)58-33-17-7-18-34-58)75-69-68(65)77-78-81(69)73(59-35-19-8-20-36-59,60-37-21-9-22-38-60)61-39-23-10-24-40-61/h4-42,45,48-49,51,54,62,66H,43-44,46-47,50H2,1-3H3,(H,75,76)/b64-42+/t54?,62-,66+/m0/s1. The van der Waals surface area contributed by atoms with Crippen LogP contribution in [0.5, 0.6) is 5.75 Å². The first kappa shape index (κ1) is 53.4. The van der Waals surface area contributed by atoms with Gasteiger partial charge in [0.2, 0.25) is 0 Å². The number of hydrogen-bond donors (Lipinski definition) is 1. The highest BCUT2D eigenvalue weighted by molar-refractivity contribution is 5.94. The van der Waals surface area contributed by atoms with Gasteiger partial charge in [-0.25, -0.2) is 14.5 Å². The van der Waals surface area contributed by atoms with Crippen molar-refractivity contribution in [3.63, 3.8) is 0 Å². The van der Waals surface area contributed by atoms with Gasteiger partial charge in [-0.1, -0.05) is 236 Å². The van der Waals surface area contributed by atoms with Crippen molar-refractivity contribution in [2.45, 2.75) is 75.4 Å². The predicted octanol–water partition coefficient (Wildman–Crippen LogP) is 14.8. The molecule has 0 radical (unpaired) electrons. The van der Waals surface area contributed by atoms with Gasteiger partial charge >= 0.3 is 6.09 Å². The fourth-order valence-corrected chi connectivity index (χ4v) is 12.8. The fourth-order valence-electron chi connectivity index (χ4n) is 12.8. The smallest absolute Gasteiger partial charge is 0.410 e. The van der Waals surface area contributed by atoms with E-state index in [0.717, 1.165) is 67.8 Å². The molecule has 84 heavy (non-hydrogen) atoms. The van der Waals surface area contributed by atoms with Crippen LogP contribution in [0.4, 0.5) is 10.6 Å². The maximum absolute atomic E-state index is 15.1. The van der Waals surface area contributed by atoms with E-state index in [4.69, 9.17) is 29.9 Å². The molecule has 0 saturated heterocycles. The molecule has 11 heteroatoms. The molecule has 0 spiro atoms. The van der Waals surface area contributed by atoms with E-state index in [1.54, 1.807) is 0 Å². The predicted molar refractivity (Wildman–Crippen MR) is 332 cm³/mol. The van der Waals surface area contributed by atoms with E-state index in [9.17, 15) is 0 Å². The molecule has 1 fully saturated rings. The lowest BCUT2D eigenvalue weighted by Gasteiger charge is -2.38. The minimum Gasteiger partial charge on any atom is -0.490 e. The summed E-state index contributed by atoms with van der Waals surface area (Å²) >= 11 is 0. The lowest BCUT2D eigenvalue weighted by Crippen LogP contribution is -2.43. The molecule has 3 atom stereocenters. The normalized spacial score (nSPS) is 17.1. The molecule has 11 nitrogen and oxygen atoms in total. The summed E-state index contributed by atoms with van der Waals surface area (Å²) in [6.45, 7) is 6.46. The molecular weight excluding hydrogens is 1040 g/mol. The van der Waals surface area contributed by atoms with Gasteiger partial charge in [-0.2, -0.15) is 5.10 Å². The van der Waals surface area contributed by atoms with Crippen molar-refractivity contribution in [3.8, 4) is 5.75 Å². The Morgan fingerprint density at radius 2 is 1.17 bits per heavy atom. The summed E-state index contributed by atoms with van der Waals surface area (Å²) in [7, 11) is 0. The number of anilines is 1. The second-order valence-electron chi connectivity index (χ2n) is 23.1. The minimum atomic E-state index is -1.09. The highest BCUT2D eigenvalue weighted by atomic mass is 16.6. The van der Waals surface area contributed by atoms with Crippen molar-refractivity contribution in [2.75, 3.05) is 11.9 Å². The van der Waals surface area contributed by atoms with E-state index in [0.29, 0.717) is 36.4 Å². The quantitative estimate of drug-likeness (QED) is 0.120. The number of nitrogens with zero attached hydrogens (tertiary/aromatic N) is 7. The number of hydrogen-bond acceptors (Lipinski definition) is 8. The van der Waals surface area contributed by atoms with Gasteiger partial charge < -0.3 is 19.7 Å². The van der Waals surface area contributed by atoms with Crippen molar-refractivity contribution in [3.05, 3.63) is 317 Å². The van der Waals surface area contributed by atoms with Gasteiger partial charge in [0.1, 0.15) is 39.9 Å². The molecule has 1 saturated carbocycles. The third-order valence-electron chi connectivity index (χ3n) is 16.5. The topological polar surface area (TPSA) is 112 Å². The lowest BCUT2D eigenvalue weighted by atomic mass is 9.77. The molecule has 8 aromatic carbocycles. The second-order valence-corrected chi connectivity index (χ2v) is 23.1. The summed E-state index contributed by atoms with van der Waals surface area (Å²) in [5.74, 6) is 1.46. The molecular formula is C73H66N8O3. The summed E-state index contributed by atoms with van der Waals surface area (Å²) < 4.78 is 17.4. The van der Waals surface area contributed by atoms with Crippen LogP contribution < -0.4 is 10.1 Å². The number of rotatable bonds is 12. The summed E-state index contributed by atoms with van der Waals surface area (Å²) in [5, 5.41) is 19.8. The van der Waals surface area contributed by atoms with Gasteiger partial charge in [0.25, 0.3) is 0 Å². The van der Waals surface area contributed by atoms with Crippen LogP contribution in [-0.2, 0) is 28.8 Å². The largest absolute Gasteiger partial charge is 0.490 e. The maximum atomic E-state index is 15.1. The zero-order chi connectivity index (χ0) is 57.1. The Morgan fingerprint density at radius 3 is 1.71 bits per heavy atom. The Morgan fingerprint density at radius 1 is 0.631 bits per heavy atom. The van der Waals surface area contributed by atoms with E-state index >= 15 is 4.79 Å². The summed E-state index contributed by atoms with van der Waals surface area (Å²) in [5.41, 5.74) is 8.85. The first-order valence-electron chi connectivity index (χ1n) is 29.0. The lowest BCUT2D eigenvalue weighted by molar-refractivity contribution is 0.0184. The van der Waals surface area contributed by atoms with Crippen LogP contribution in [0.1, 0.15) is 89.2 Å². The number of amides is 1. The van der Waals surface area contributed by atoms with Crippen LogP contribution >= 0.6 is 0 Å². The highest BCUT2D eigenvalue weighted by Crippen LogP contribution is 2.46. The number of ether oxygens (including phenoxy) is 2. The molecule has 1 aliphatic carbocycles. The van der Waals surface area contributed by atoms with Crippen LogP contribution in [0.2, 0.25) is 0 Å². The average Bonchev–Trinajstić information content (AvgIpc) is 1.56. The van der Waals surface area contributed by atoms with Gasteiger partial charge in [0.05, 0.1) is 12.7 Å². The van der Waals surface area contributed by atoms with Gasteiger partial charge in [-0.05, 0) is 102 Å². The van der Waals surface area contributed by atoms with Crippen molar-refractivity contribution in [2.24, 2.45) is 5.92 Å². The fraction of sp³-hybridized carbons (Fsp3) is 0.192. The Balaban J connectivity index is 1.09. The first-order valence-corrected chi connectivity index (χ1v) is 29.0. The molecule has 13 rings (SSSR count). The number of carbonyl (C=O) groups is 1. The Bertz CT molecular complexity index is 3860. The number of aromatic nitrogens is 6. The third kappa shape index (κ3) is 10.4. The molecule has 6 bridgehead atoms. The molecule has 1 unspecified atom stereocenters. The molecule has 3 aromatic heterocycles. The Kier molecular flexibility index (Phi) is 14.5. The Hall–Kier alpha value is -9.87. The molecule has 4 heterocycles. The molecule has 416 valence electrons. The monoisotopic (exact) mass is 1100 g/mol. The molecule has 1 aliphatic heterocycles. The maximum Gasteiger partial charge on any atom is 0.410 e.